The molecule has 0 radical (unpaired) electrons. The van der Waals surface area contributed by atoms with Crippen molar-refractivity contribution in [3.8, 4) is 0 Å². The lowest BCUT2D eigenvalue weighted by atomic mass is 10.1. The predicted molar refractivity (Wildman–Crippen MR) is 74.2 cm³/mol. The van der Waals surface area contributed by atoms with Gasteiger partial charge in [-0.25, -0.2) is 0 Å². The van der Waals surface area contributed by atoms with Gasteiger partial charge < -0.3 is 9.64 Å². The van der Waals surface area contributed by atoms with Gasteiger partial charge in [0.25, 0.3) is 17.3 Å². The lowest BCUT2D eigenvalue weighted by molar-refractivity contribution is -0.395. The Morgan fingerprint density at radius 3 is 2.05 bits per heavy atom. The number of ether oxygens (including phenoxy) is 1. The molecule has 0 unspecified atom stereocenters. The molecular weight excluding hydrogens is 350 g/mol. The first kappa shape index (κ1) is 15.3. The highest BCUT2D eigenvalue weighted by Gasteiger charge is 2.28. The topological polar surface area (TPSA) is 116 Å². The van der Waals surface area contributed by atoms with Gasteiger partial charge in [0, 0.05) is 25.2 Å². The second kappa shape index (κ2) is 6.14. The van der Waals surface area contributed by atoms with E-state index in [-0.39, 0.29) is 10.0 Å². The Morgan fingerprint density at radius 2 is 1.62 bits per heavy atom. The zero-order chi connectivity index (χ0) is 15.6. The summed E-state index contributed by atoms with van der Waals surface area (Å²) in [6.07, 6.45) is 0. The summed E-state index contributed by atoms with van der Waals surface area (Å²) >= 11 is 2.83. The van der Waals surface area contributed by atoms with Crippen molar-refractivity contribution in [3.05, 3.63) is 42.4 Å². The van der Waals surface area contributed by atoms with Crippen molar-refractivity contribution < 1.29 is 19.4 Å². The first-order valence-electron chi connectivity index (χ1n) is 5.91. The smallest absolute Gasteiger partial charge is 0.291 e. The highest BCUT2D eigenvalue weighted by molar-refractivity contribution is 9.10. The number of halogens is 1. The Labute approximate surface area is 126 Å². The highest BCUT2D eigenvalue weighted by Crippen LogP contribution is 2.35. The predicted octanol–water partition coefficient (Wildman–Crippen LogP) is 1.74. The van der Waals surface area contributed by atoms with Gasteiger partial charge >= 0.3 is 0 Å². The molecule has 112 valence electrons. The van der Waals surface area contributed by atoms with Gasteiger partial charge in [0.05, 0.1) is 28.6 Å². The Hall–Kier alpha value is -2.07. The average molecular weight is 360 g/mol. The van der Waals surface area contributed by atoms with Crippen molar-refractivity contribution in [2.45, 2.75) is 0 Å². The van der Waals surface area contributed by atoms with E-state index in [0.717, 1.165) is 12.1 Å². The lowest BCUT2D eigenvalue weighted by Crippen LogP contribution is -2.40. The molecule has 1 fully saturated rings. The Kier molecular flexibility index (Phi) is 4.48. The number of carbonyl (C=O) groups excluding carboxylic acids is 1. The minimum absolute atomic E-state index is 0.0847. The normalized spacial score (nSPS) is 14.8. The molecule has 21 heavy (non-hydrogen) atoms. The van der Waals surface area contributed by atoms with E-state index in [0.29, 0.717) is 26.3 Å². The number of nitro benzene ring substituents is 2. The fourth-order valence-corrected chi connectivity index (χ4v) is 2.45. The van der Waals surface area contributed by atoms with Gasteiger partial charge in [-0.15, -0.1) is 0 Å². The van der Waals surface area contributed by atoms with Crippen LogP contribution in [-0.4, -0.2) is 47.0 Å². The molecule has 1 aliphatic rings. The van der Waals surface area contributed by atoms with Crippen LogP contribution in [0.25, 0.3) is 0 Å². The number of hydrogen-bond acceptors (Lipinski definition) is 6. The third kappa shape index (κ3) is 3.16. The van der Waals surface area contributed by atoms with Crippen molar-refractivity contribution in [1.29, 1.82) is 0 Å². The monoisotopic (exact) mass is 359 g/mol. The van der Waals surface area contributed by atoms with Gasteiger partial charge in [0.15, 0.2) is 4.47 Å². The van der Waals surface area contributed by atoms with Crippen molar-refractivity contribution in [1.82, 2.24) is 4.90 Å². The van der Waals surface area contributed by atoms with Gasteiger partial charge in [-0.1, -0.05) is 0 Å². The summed E-state index contributed by atoms with van der Waals surface area (Å²) in [5.74, 6) is -0.489. The van der Waals surface area contributed by atoms with E-state index in [1.807, 2.05) is 0 Å². The second-order valence-electron chi connectivity index (χ2n) is 4.25. The first-order chi connectivity index (χ1) is 9.91. The summed E-state index contributed by atoms with van der Waals surface area (Å²) in [7, 11) is 0. The van der Waals surface area contributed by atoms with Crippen LogP contribution in [0, 0.1) is 20.2 Å². The Morgan fingerprint density at radius 1 is 1.14 bits per heavy atom. The lowest BCUT2D eigenvalue weighted by Gasteiger charge is -2.26. The average Bonchev–Trinajstić information content (AvgIpc) is 2.47. The molecular formula is C11H10BrN3O6. The zero-order valence-electron chi connectivity index (χ0n) is 10.7. The maximum absolute atomic E-state index is 12.3. The molecule has 0 saturated carbocycles. The molecule has 1 aliphatic heterocycles. The van der Waals surface area contributed by atoms with Gasteiger partial charge in [0.1, 0.15) is 0 Å². The van der Waals surface area contributed by atoms with E-state index in [2.05, 4.69) is 15.9 Å². The number of amides is 1. The van der Waals surface area contributed by atoms with Crippen molar-refractivity contribution in [3.63, 3.8) is 0 Å². The number of benzene rings is 1. The summed E-state index contributed by atoms with van der Waals surface area (Å²) in [4.78, 5) is 34.1. The van der Waals surface area contributed by atoms with Gasteiger partial charge in [0.2, 0.25) is 0 Å². The maximum atomic E-state index is 12.3. The summed E-state index contributed by atoms with van der Waals surface area (Å²) in [5.41, 5.74) is -1.11. The molecule has 1 aromatic rings. The summed E-state index contributed by atoms with van der Waals surface area (Å²) in [6, 6.07) is 2.07. The minimum atomic E-state index is -0.771. The van der Waals surface area contributed by atoms with Crippen LogP contribution in [-0.2, 0) is 4.74 Å². The van der Waals surface area contributed by atoms with Crippen LogP contribution >= 0.6 is 15.9 Å². The van der Waals surface area contributed by atoms with E-state index in [9.17, 15) is 25.0 Å². The number of rotatable bonds is 3. The van der Waals surface area contributed by atoms with Crippen LogP contribution in [0.2, 0.25) is 0 Å². The summed E-state index contributed by atoms with van der Waals surface area (Å²) < 4.78 is 4.86. The van der Waals surface area contributed by atoms with Crippen LogP contribution in [0.3, 0.4) is 0 Å². The number of morpholine rings is 1. The van der Waals surface area contributed by atoms with Crippen molar-refractivity contribution in [2.24, 2.45) is 0 Å². The van der Waals surface area contributed by atoms with Gasteiger partial charge in [-0.3, -0.25) is 25.0 Å². The molecule has 0 bridgehead atoms. The van der Waals surface area contributed by atoms with Crippen LogP contribution in [0.5, 0.6) is 0 Å². The largest absolute Gasteiger partial charge is 0.378 e. The molecule has 1 amide bonds. The summed E-state index contributed by atoms with van der Waals surface area (Å²) in [5, 5.41) is 21.9. The van der Waals surface area contributed by atoms with Gasteiger partial charge in [-0.2, -0.15) is 0 Å². The highest BCUT2D eigenvalue weighted by atomic mass is 79.9. The Balaban J connectivity index is 2.45. The summed E-state index contributed by atoms with van der Waals surface area (Å²) in [6.45, 7) is 1.42. The van der Waals surface area contributed by atoms with E-state index >= 15 is 0 Å². The fourth-order valence-electron chi connectivity index (χ4n) is 1.93. The maximum Gasteiger partial charge on any atom is 0.291 e. The van der Waals surface area contributed by atoms with Crippen molar-refractivity contribution in [2.75, 3.05) is 26.3 Å². The SMILES string of the molecule is O=C(c1cc([N+](=O)[O-])c(Br)c([N+](=O)[O-])c1)N1CCOCC1. The molecule has 1 aromatic carbocycles. The van der Waals surface area contributed by atoms with Crippen molar-refractivity contribution >= 4 is 33.2 Å². The number of nitrogens with zero attached hydrogens (tertiary/aromatic N) is 3. The van der Waals surface area contributed by atoms with E-state index in [4.69, 9.17) is 4.74 Å². The van der Waals surface area contributed by atoms with E-state index in [1.165, 1.54) is 4.90 Å². The number of carbonyl (C=O) groups is 1. The third-order valence-corrected chi connectivity index (χ3v) is 3.79. The molecule has 1 saturated heterocycles. The first-order valence-corrected chi connectivity index (χ1v) is 6.70. The molecule has 0 spiro atoms. The van der Waals surface area contributed by atoms with Gasteiger partial charge in [-0.05, 0) is 15.9 Å². The molecule has 1 heterocycles. The molecule has 9 nitrogen and oxygen atoms in total. The molecule has 0 aliphatic carbocycles. The minimum Gasteiger partial charge on any atom is -0.378 e. The van der Waals surface area contributed by atoms with Crippen LogP contribution in [0.15, 0.2) is 16.6 Å². The molecule has 0 atom stereocenters. The standard InChI is InChI=1S/C11H10BrN3O6/c12-10-8(14(17)18)5-7(6-9(10)15(19)20)11(16)13-1-3-21-4-2-13/h5-6H,1-4H2. The Bertz CT molecular complexity index is 579. The van der Waals surface area contributed by atoms with E-state index < -0.39 is 27.1 Å². The molecule has 10 heteroatoms. The molecule has 0 N–H and O–H groups in total. The second-order valence-corrected chi connectivity index (χ2v) is 5.04. The van der Waals surface area contributed by atoms with Crippen LogP contribution in [0.4, 0.5) is 11.4 Å². The number of nitro groups is 2. The fraction of sp³-hybridized carbons (Fsp3) is 0.364. The quantitative estimate of drug-likeness (QED) is 0.599. The third-order valence-electron chi connectivity index (χ3n) is 2.97. The van der Waals surface area contributed by atoms with Crippen LogP contribution < -0.4 is 0 Å². The molecule has 0 aromatic heterocycles. The molecule has 2 rings (SSSR count). The zero-order valence-corrected chi connectivity index (χ0v) is 12.2. The van der Waals surface area contributed by atoms with Crippen LogP contribution in [0.1, 0.15) is 10.4 Å². The number of hydrogen-bond donors (Lipinski definition) is 0. The van der Waals surface area contributed by atoms with E-state index in [1.54, 1.807) is 0 Å².